The molecule has 3 atom stereocenters. The van der Waals surface area contributed by atoms with Gasteiger partial charge in [-0.1, -0.05) is 46.4 Å². The van der Waals surface area contributed by atoms with Crippen molar-refractivity contribution in [2.45, 2.75) is 46.8 Å². The van der Waals surface area contributed by atoms with E-state index >= 15 is 0 Å². The molecule has 10 heteroatoms. The Hall–Kier alpha value is 1.58. The van der Waals surface area contributed by atoms with Gasteiger partial charge in [0.25, 0.3) is 0 Å². The predicted molar refractivity (Wildman–Crippen MR) is 99.3 cm³/mol. The second-order valence-electron chi connectivity index (χ2n) is 5.37. The first-order valence-electron chi connectivity index (χ1n) is 7.32. The van der Waals surface area contributed by atoms with Gasteiger partial charge in [0.05, 0.1) is 15.6 Å². The number of rotatable bonds is 7. The Morgan fingerprint density at radius 2 is 1.35 bits per heavy atom. The average molecular weight is 463 g/mol. The highest BCUT2D eigenvalue weighted by molar-refractivity contribution is 6.71. The van der Waals surface area contributed by atoms with Crippen LogP contribution < -0.4 is 0 Å². The molecular formula is C13H18Cl6O3Si. The van der Waals surface area contributed by atoms with Gasteiger partial charge in [-0.2, -0.15) is 0 Å². The lowest BCUT2D eigenvalue weighted by Gasteiger charge is -2.41. The van der Waals surface area contributed by atoms with Gasteiger partial charge >= 0.3 is 8.80 Å². The smallest absolute Gasteiger partial charge is 0.374 e. The minimum Gasteiger partial charge on any atom is -0.374 e. The molecule has 23 heavy (non-hydrogen) atoms. The van der Waals surface area contributed by atoms with Gasteiger partial charge in [0.2, 0.25) is 0 Å². The fourth-order valence-electron chi connectivity index (χ4n) is 3.31. The molecule has 0 spiro atoms. The highest BCUT2D eigenvalue weighted by Crippen LogP contribution is 2.77. The van der Waals surface area contributed by atoms with E-state index in [1.165, 1.54) is 0 Å². The summed E-state index contributed by atoms with van der Waals surface area (Å²) in [5.74, 6) is 0. The van der Waals surface area contributed by atoms with Crippen LogP contribution in [0.25, 0.3) is 0 Å². The molecule has 0 aromatic heterocycles. The Balaban J connectivity index is 2.59. The second-order valence-corrected chi connectivity index (χ2v) is 11.5. The van der Waals surface area contributed by atoms with E-state index in [4.69, 9.17) is 82.9 Å². The van der Waals surface area contributed by atoms with E-state index < -0.39 is 28.4 Å². The Labute approximate surface area is 167 Å². The van der Waals surface area contributed by atoms with E-state index in [2.05, 4.69) is 0 Å². The summed E-state index contributed by atoms with van der Waals surface area (Å²) >= 11 is 39.3. The van der Waals surface area contributed by atoms with E-state index in [-0.39, 0.29) is 16.5 Å². The first-order chi connectivity index (χ1) is 10.6. The summed E-state index contributed by atoms with van der Waals surface area (Å²) < 4.78 is 16.2. The van der Waals surface area contributed by atoms with Crippen molar-refractivity contribution in [3.63, 3.8) is 0 Å². The third-order valence-corrected chi connectivity index (χ3v) is 12.3. The maximum Gasteiger partial charge on any atom is 0.506 e. The first-order valence-corrected chi connectivity index (χ1v) is 11.4. The van der Waals surface area contributed by atoms with E-state index in [1.54, 1.807) is 0 Å². The Bertz CT molecular complexity index is 499. The zero-order valence-electron chi connectivity index (χ0n) is 12.9. The van der Waals surface area contributed by atoms with Crippen LogP contribution in [0.15, 0.2) is 10.1 Å². The number of alkyl halides is 4. The van der Waals surface area contributed by atoms with Crippen LogP contribution in [0.2, 0.25) is 5.54 Å². The normalized spacial score (nSPS) is 36.1. The molecule has 0 unspecified atom stereocenters. The molecule has 134 valence electrons. The van der Waals surface area contributed by atoms with E-state index in [0.717, 1.165) is 0 Å². The van der Waals surface area contributed by atoms with Gasteiger partial charge in [-0.25, -0.2) is 0 Å². The third kappa shape index (κ3) is 2.63. The maximum absolute atomic E-state index is 6.85. The molecule has 2 rings (SSSR count). The van der Waals surface area contributed by atoms with Gasteiger partial charge in [-0.05, 0) is 27.2 Å². The number of hydrogen-bond acceptors (Lipinski definition) is 3. The maximum atomic E-state index is 6.85. The molecule has 0 aromatic rings. The first kappa shape index (κ1) is 20.9. The summed E-state index contributed by atoms with van der Waals surface area (Å²) in [4.78, 5) is -2.73. The lowest BCUT2D eigenvalue weighted by atomic mass is 10.1. The minimum atomic E-state index is -3.26. The molecule has 2 aliphatic rings. The fraction of sp³-hybridized carbons (Fsp3) is 0.846. The highest BCUT2D eigenvalue weighted by Gasteiger charge is 2.83. The summed E-state index contributed by atoms with van der Waals surface area (Å²) in [7, 11) is -3.26. The van der Waals surface area contributed by atoms with Crippen LogP contribution >= 0.6 is 69.6 Å². The van der Waals surface area contributed by atoms with Gasteiger partial charge in [0.15, 0.2) is 4.33 Å². The zero-order chi connectivity index (χ0) is 17.7. The molecule has 0 heterocycles. The molecule has 0 saturated heterocycles. The predicted octanol–water partition coefficient (Wildman–Crippen LogP) is 5.64. The van der Waals surface area contributed by atoms with Gasteiger partial charge in [-0.15, -0.1) is 23.2 Å². The molecule has 0 aromatic carbocycles. The molecule has 0 aliphatic heterocycles. The fourth-order valence-corrected chi connectivity index (χ4v) is 10.2. The zero-order valence-corrected chi connectivity index (χ0v) is 18.4. The summed E-state index contributed by atoms with van der Waals surface area (Å²) in [5.41, 5.74) is -0.515. The molecule has 0 N–H and O–H groups in total. The summed E-state index contributed by atoms with van der Waals surface area (Å²) in [6, 6.07) is 0. The number of fused-ring (bicyclic) bond motifs is 2. The van der Waals surface area contributed by atoms with Crippen LogP contribution in [0.3, 0.4) is 0 Å². The quantitative estimate of drug-likeness (QED) is 0.362. The molecule has 2 aliphatic carbocycles. The largest absolute Gasteiger partial charge is 0.506 e. The van der Waals surface area contributed by atoms with E-state index in [0.29, 0.717) is 19.8 Å². The highest BCUT2D eigenvalue weighted by atomic mass is 35.5. The van der Waals surface area contributed by atoms with Crippen LogP contribution in [0.4, 0.5) is 0 Å². The van der Waals surface area contributed by atoms with Crippen molar-refractivity contribution < 1.29 is 13.3 Å². The minimum absolute atomic E-state index is 0.132. The van der Waals surface area contributed by atoms with Crippen LogP contribution in [0, 0.1) is 0 Å². The van der Waals surface area contributed by atoms with Crippen molar-refractivity contribution in [1.82, 2.24) is 0 Å². The Kier molecular flexibility index (Phi) is 6.31. The Morgan fingerprint density at radius 1 is 0.913 bits per heavy atom. The molecule has 0 radical (unpaired) electrons. The van der Waals surface area contributed by atoms with Gasteiger partial charge in [-0.3, -0.25) is 0 Å². The molecule has 2 bridgehead atoms. The summed E-state index contributed by atoms with van der Waals surface area (Å²) in [5, 5.41) is 0.303. The van der Waals surface area contributed by atoms with Crippen LogP contribution in [-0.4, -0.2) is 42.7 Å². The summed E-state index contributed by atoms with van der Waals surface area (Å²) in [6.07, 6.45) is 0.256. The number of halogens is 6. The third-order valence-electron chi connectivity index (χ3n) is 4.24. The van der Waals surface area contributed by atoms with Crippen molar-refractivity contribution in [2.24, 2.45) is 0 Å². The molecular weight excluding hydrogens is 445 g/mol. The lowest BCUT2D eigenvalue weighted by Crippen LogP contribution is -2.57. The van der Waals surface area contributed by atoms with Crippen molar-refractivity contribution in [3.8, 4) is 0 Å². The van der Waals surface area contributed by atoms with Crippen molar-refractivity contribution >= 4 is 78.4 Å². The number of hydrogen-bond donors (Lipinski definition) is 0. The van der Waals surface area contributed by atoms with Crippen LogP contribution in [-0.2, 0) is 13.3 Å². The van der Waals surface area contributed by atoms with Gasteiger partial charge < -0.3 is 13.3 Å². The number of allylic oxidation sites excluding steroid dienone is 2. The average Bonchev–Trinajstić information content (AvgIpc) is 2.70. The SMILES string of the molecule is CCO[Si](OCC)(OCC)[C@H]1C[C@@]2(Cl)C(Cl)=C(Cl)[C@@]1(Cl)C2(Cl)Cl. The van der Waals surface area contributed by atoms with Crippen molar-refractivity contribution in [1.29, 1.82) is 0 Å². The summed E-state index contributed by atoms with van der Waals surface area (Å²) in [6.45, 7) is 6.71. The Morgan fingerprint density at radius 3 is 1.65 bits per heavy atom. The van der Waals surface area contributed by atoms with Crippen LogP contribution in [0.1, 0.15) is 27.2 Å². The van der Waals surface area contributed by atoms with E-state index in [9.17, 15) is 0 Å². The molecule has 3 nitrogen and oxygen atoms in total. The van der Waals surface area contributed by atoms with Gasteiger partial charge in [0, 0.05) is 19.8 Å². The molecule has 0 amide bonds. The molecule has 1 saturated carbocycles. The van der Waals surface area contributed by atoms with Gasteiger partial charge in [0.1, 0.15) is 9.75 Å². The van der Waals surface area contributed by atoms with Crippen LogP contribution in [0.5, 0.6) is 0 Å². The topological polar surface area (TPSA) is 27.7 Å². The monoisotopic (exact) mass is 460 g/mol. The lowest BCUT2D eigenvalue weighted by molar-refractivity contribution is 0.0588. The second kappa shape index (κ2) is 6.95. The molecule has 1 fully saturated rings. The van der Waals surface area contributed by atoms with Crippen molar-refractivity contribution in [2.75, 3.05) is 19.8 Å². The van der Waals surface area contributed by atoms with Crippen molar-refractivity contribution in [3.05, 3.63) is 10.1 Å². The van der Waals surface area contributed by atoms with E-state index in [1.807, 2.05) is 20.8 Å². The standard InChI is InChI=1S/C13H18Cl6O3Si/c1-4-20-23(21-5-2,22-6-3)8-7-11(16)9(14)10(15)12(8,17)13(11,18)19/h8H,4-7H2,1-3H3/t8-,11+,12+/m0/s1.